The molecule has 0 saturated carbocycles. The van der Waals surface area contributed by atoms with Crippen LogP contribution in [0.1, 0.15) is 17.4 Å². The van der Waals surface area contributed by atoms with Gasteiger partial charge in [0.2, 0.25) is 0 Å². The second-order valence-corrected chi connectivity index (χ2v) is 9.29. The van der Waals surface area contributed by atoms with Crippen LogP contribution in [0.3, 0.4) is 0 Å². The van der Waals surface area contributed by atoms with Crippen molar-refractivity contribution in [3.05, 3.63) is 59.9 Å². The Bertz CT molecular complexity index is 773. The van der Waals surface area contributed by atoms with Crippen molar-refractivity contribution in [2.24, 2.45) is 0 Å². The molecule has 0 amide bonds. The Balaban J connectivity index is 1.87. The molecule has 8 nitrogen and oxygen atoms in total. The fourth-order valence-electron chi connectivity index (χ4n) is 2.37. The van der Waals surface area contributed by atoms with E-state index in [-0.39, 0.29) is 6.42 Å². The van der Waals surface area contributed by atoms with Gasteiger partial charge in [-0.1, -0.05) is 22.7 Å². The smallest absolute Gasteiger partial charge is 0.497 e. The highest BCUT2D eigenvalue weighted by molar-refractivity contribution is 7.72. The highest BCUT2D eigenvalue weighted by Gasteiger charge is 2.81. The second kappa shape index (κ2) is 7.02. The van der Waals surface area contributed by atoms with Crippen molar-refractivity contribution >= 4 is 16.0 Å². The zero-order valence-electron chi connectivity index (χ0n) is 13.2. The maximum absolute atomic E-state index is 12.5. The van der Waals surface area contributed by atoms with Crippen molar-refractivity contribution in [1.82, 2.24) is 4.98 Å². The summed E-state index contributed by atoms with van der Waals surface area (Å²) in [6, 6.07) is 9.72. The molecule has 1 aromatic carbocycles. The highest BCUT2D eigenvalue weighted by Crippen LogP contribution is 2.77. The highest BCUT2D eigenvalue weighted by atomic mass is 31.2. The fourth-order valence-corrected chi connectivity index (χ4v) is 5.38. The number of rotatable bonds is 4. The van der Waals surface area contributed by atoms with Crippen LogP contribution in [0.4, 0.5) is 0 Å². The van der Waals surface area contributed by atoms with Crippen molar-refractivity contribution in [1.29, 1.82) is 0 Å². The van der Waals surface area contributed by atoms with Gasteiger partial charge in [-0.05, 0) is 28.3 Å². The van der Waals surface area contributed by atoms with E-state index in [1.165, 1.54) is 19.5 Å². The molecule has 3 rings (SSSR count). The third-order valence-electron chi connectivity index (χ3n) is 3.72. The molecule has 25 heavy (non-hydrogen) atoms. The molecular formula is C15H17NO7P2+2. The maximum Gasteiger partial charge on any atom is 0.599 e. The molecule has 3 unspecified atom stereocenters. The van der Waals surface area contributed by atoms with Gasteiger partial charge in [-0.3, -0.25) is 4.98 Å². The molecule has 1 fully saturated rings. The van der Waals surface area contributed by atoms with E-state index in [0.717, 1.165) is 0 Å². The Kier molecular flexibility index (Phi) is 5.14. The minimum absolute atomic E-state index is 0.332. The van der Waals surface area contributed by atoms with Crippen LogP contribution in [0, 0.1) is 0 Å². The molecule has 2 aromatic rings. The molecule has 0 aliphatic carbocycles. The zero-order chi connectivity index (χ0) is 18.1. The molecule has 0 spiro atoms. The lowest BCUT2D eigenvalue weighted by atomic mass is 10.2. The van der Waals surface area contributed by atoms with Crippen molar-refractivity contribution in [3.63, 3.8) is 0 Å². The number of hydrogen-bond donors (Lipinski definition) is 3. The van der Waals surface area contributed by atoms with Gasteiger partial charge in [-0.25, -0.2) is 0 Å². The average Bonchev–Trinajstić information content (AvgIpc) is 2.60. The fraction of sp³-hybridized carbons (Fsp3) is 0.267. The first kappa shape index (κ1) is 18.3. The van der Waals surface area contributed by atoms with Gasteiger partial charge in [-0.2, -0.15) is 9.79 Å². The average molecular weight is 385 g/mol. The Morgan fingerprint density at radius 3 is 2.80 bits per heavy atom. The standard InChI is InChI=1S/C15H17NO7P2/c1-21-13-6-2-5-12(8-13)14-22-24(18)15(17,25(19,20)23-14)9-11-4-3-7-16-10-11/h2-8,10,14,17,19-20H,9H2,1H3/q+2. The van der Waals surface area contributed by atoms with E-state index >= 15 is 0 Å². The summed E-state index contributed by atoms with van der Waals surface area (Å²) in [6.45, 7) is 0. The molecule has 1 saturated heterocycles. The van der Waals surface area contributed by atoms with Crippen LogP contribution >= 0.6 is 16.0 Å². The molecule has 1 aromatic heterocycles. The number of aliphatic hydroxyl groups is 1. The first-order valence-corrected chi connectivity index (χ1v) is 10.1. The van der Waals surface area contributed by atoms with Gasteiger partial charge < -0.3 is 9.84 Å². The number of methoxy groups -OCH3 is 1. The quantitative estimate of drug-likeness (QED) is 0.687. The molecule has 3 N–H and O–H groups in total. The predicted octanol–water partition coefficient (Wildman–Crippen LogP) is 2.51. The second-order valence-electron chi connectivity index (χ2n) is 5.43. The summed E-state index contributed by atoms with van der Waals surface area (Å²) in [5.74, 6) is 0.496. The lowest BCUT2D eigenvalue weighted by Gasteiger charge is -2.27. The van der Waals surface area contributed by atoms with Gasteiger partial charge in [0.1, 0.15) is 5.75 Å². The van der Waals surface area contributed by atoms with Gasteiger partial charge in [0.05, 0.1) is 13.5 Å². The summed E-state index contributed by atoms with van der Waals surface area (Å²) in [5, 5.41) is 8.21. The number of ether oxygens (including phenoxy) is 1. The monoisotopic (exact) mass is 385 g/mol. The molecule has 0 radical (unpaired) electrons. The molecule has 10 heteroatoms. The van der Waals surface area contributed by atoms with E-state index in [9.17, 15) is 19.5 Å². The Morgan fingerprint density at radius 1 is 1.36 bits per heavy atom. The van der Waals surface area contributed by atoms with Crippen LogP contribution in [-0.4, -0.2) is 32.1 Å². The van der Waals surface area contributed by atoms with Gasteiger partial charge in [0, 0.05) is 18.0 Å². The normalized spacial score (nSPS) is 27.0. The Hall–Kier alpha value is -1.50. The van der Waals surface area contributed by atoms with Crippen molar-refractivity contribution in [3.8, 4) is 5.75 Å². The van der Waals surface area contributed by atoms with E-state index in [4.69, 9.17) is 13.8 Å². The van der Waals surface area contributed by atoms with E-state index in [2.05, 4.69) is 4.98 Å². The van der Waals surface area contributed by atoms with Gasteiger partial charge in [0.25, 0.3) is 6.29 Å². The SMILES string of the molecule is COc1cccc(C2O[P+](=O)C(O)(Cc3cccnc3)[P+](O)(O)O2)c1. The molecule has 0 bridgehead atoms. The summed E-state index contributed by atoms with van der Waals surface area (Å²) in [4.78, 5) is 24.6. The molecule has 2 heterocycles. The molecule has 3 atom stereocenters. The lowest BCUT2D eigenvalue weighted by molar-refractivity contribution is -0.0502. The van der Waals surface area contributed by atoms with Crippen LogP contribution in [0.5, 0.6) is 5.75 Å². The number of benzene rings is 1. The maximum atomic E-state index is 12.5. The van der Waals surface area contributed by atoms with E-state index in [0.29, 0.717) is 16.9 Å². The molecule has 1 aliphatic heterocycles. The van der Waals surface area contributed by atoms with Crippen LogP contribution in [0.25, 0.3) is 0 Å². The number of aromatic nitrogens is 1. The molecule has 132 valence electrons. The van der Waals surface area contributed by atoms with Crippen molar-refractivity contribution < 1.29 is 33.2 Å². The minimum Gasteiger partial charge on any atom is -0.497 e. The summed E-state index contributed by atoms with van der Waals surface area (Å²) < 4.78 is 28.1. The molecule has 1 aliphatic rings. The van der Waals surface area contributed by atoms with E-state index in [1.54, 1.807) is 36.4 Å². The van der Waals surface area contributed by atoms with Crippen LogP contribution in [-0.2, 0) is 20.0 Å². The topological polar surface area (TPSA) is 118 Å². The van der Waals surface area contributed by atoms with Crippen LogP contribution in [0.2, 0.25) is 0 Å². The van der Waals surface area contributed by atoms with Gasteiger partial charge in [-0.15, -0.1) is 4.52 Å². The number of pyridine rings is 1. The Morgan fingerprint density at radius 2 is 2.16 bits per heavy atom. The van der Waals surface area contributed by atoms with Crippen molar-refractivity contribution in [2.75, 3.05) is 7.11 Å². The summed E-state index contributed by atoms with van der Waals surface area (Å²) in [6.07, 6.45) is 1.33. The first-order valence-electron chi connectivity index (χ1n) is 7.28. The first-order chi connectivity index (χ1) is 11.9. The van der Waals surface area contributed by atoms with Crippen molar-refractivity contribution in [2.45, 2.75) is 17.8 Å². The summed E-state index contributed by atoms with van der Waals surface area (Å²) in [7, 11) is -5.83. The van der Waals surface area contributed by atoms with Gasteiger partial charge >= 0.3 is 21.1 Å². The van der Waals surface area contributed by atoms with E-state index in [1.807, 2.05) is 0 Å². The van der Waals surface area contributed by atoms with Crippen LogP contribution < -0.4 is 4.74 Å². The Labute approximate surface area is 145 Å². The summed E-state index contributed by atoms with van der Waals surface area (Å²) in [5.41, 5.74) is 0.853. The zero-order valence-corrected chi connectivity index (χ0v) is 15.0. The summed E-state index contributed by atoms with van der Waals surface area (Å²) >= 11 is 0. The molecular weight excluding hydrogens is 368 g/mol. The third-order valence-corrected chi connectivity index (χ3v) is 7.70. The third kappa shape index (κ3) is 3.57. The predicted molar refractivity (Wildman–Crippen MR) is 89.8 cm³/mol. The van der Waals surface area contributed by atoms with Gasteiger partial charge in [0.15, 0.2) is 0 Å². The number of hydrogen-bond acceptors (Lipinski definition) is 8. The number of nitrogens with zero attached hydrogens (tertiary/aromatic N) is 1. The lowest BCUT2D eigenvalue weighted by Crippen LogP contribution is -2.36. The minimum atomic E-state index is -4.45. The largest absolute Gasteiger partial charge is 0.599 e. The van der Waals surface area contributed by atoms with E-state index < -0.39 is 27.3 Å². The van der Waals surface area contributed by atoms with Crippen LogP contribution in [0.15, 0.2) is 48.8 Å².